The van der Waals surface area contributed by atoms with E-state index >= 15 is 0 Å². The molecule has 1 N–H and O–H groups in total. The molecule has 1 unspecified atom stereocenters. The molecule has 1 atom stereocenters. The van der Waals surface area contributed by atoms with Crippen LogP contribution in [0.25, 0.3) is 0 Å². The predicted octanol–water partition coefficient (Wildman–Crippen LogP) is 1.94. The number of benzene rings is 1. The van der Waals surface area contributed by atoms with Gasteiger partial charge in [0.15, 0.2) is 0 Å². The molecular weight excluding hydrogens is 231 g/mol. The van der Waals surface area contributed by atoms with E-state index in [4.69, 9.17) is 14.2 Å². The number of carbonyl (C=O) groups excluding carboxylic acids is 1. The van der Waals surface area contributed by atoms with Gasteiger partial charge in [0.2, 0.25) is 0 Å². The molecule has 0 amide bonds. The summed E-state index contributed by atoms with van der Waals surface area (Å²) >= 11 is 0. The highest BCUT2D eigenvalue weighted by molar-refractivity contribution is 7.51. The highest BCUT2D eigenvalue weighted by atomic mass is 31.2. The summed E-state index contributed by atoms with van der Waals surface area (Å²) in [5.41, 5.74) is 0.729. The Morgan fingerprint density at radius 1 is 1.38 bits per heavy atom. The first-order valence-corrected chi connectivity index (χ1v) is 6.61. The average molecular weight is 244 g/mol. The number of rotatable bonds is 4. The first-order valence-electron chi connectivity index (χ1n) is 4.59. The second kappa shape index (κ2) is 5.25. The zero-order valence-electron chi connectivity index (χ0n) is 9.04. The highest BCUT2D eigenvalue weighted by Crippen LogP contribution is 2.37. The summed E-state index contributed by atoms with van der Waals surface area (Å²) < 4.78 is 20.4. The van der Waals surface area contributed by atoms with Gasteiger partial charge in [0, 0.05) is 13.6 Å². The summed E-state index contributed by atoms with van der Waals surface area (Å²) in [7, 11) is -3.45. The molecule has 0 aromatic heterocycles. The monoisotopic (exact) mass is 244 g/mol. The standard InChI is InChI=1S/C10H13O5P/c1-8(11)15-10-5-3-9(4-6-10)7-14-16(2,12)13/h3-6H,7H2,1-2H3,(H,12,13). The topological polar surface area (TPSA) is 72.8 Å². The molecule has 0 aliphatic heterocycles. The van der Waals surface area contributed by atoms with E-state index in [1.54, 1.807) is 24.3 Å². The fraction of sp³-hybridized carbons (Fsp3) is 0.300. The molecule has 0 aliphatic carbocycles. The summed E-state index contributed by atoms with van der Waals surface area (Å²) in [6.45, 7) is 2.49. The Balaban J connectivity index is 2.58. The average Bonchev–Trinajstić information content (AvgIpc) is 2.14. The lowest BCUT2D eigenvalue weighted by atomic mass is 10.2. The number of hydrogen-bond donors (Lipinski definition) is 1. The predicted molar refractivity (Wildman–Crippen MR) is 58.3 cm³/mol. The van der Waals surface area contributed by atoms with E-state index in [2.05, 4.69) is 0 Å². The van der Waals surface area contributed by atoms with Gasteiger partial charge in [0.25, 0.3) is 0 Å². The van der Waals surface area contributed by atoms with Crippen LogP contribution in [0.2, 0.25) is 0 Å². The van der Waals surface area contributed by atoms with Crippen LogP contribution in [0.4, 0.5) is 0 Å². The molecule has 0 heterocycles. The SMILES string of the molecule is CC(=O)Oc1ccc(COP(C)(=O)O)cc1. The van der Waals surface area contributed by atoms with Crippen molar-refractivity contribution in [2.75, 3.05) is 6.66 Å². The van der Waals surface area contributed by atoms with Crippen LogP contribution in [0.3, 0.4) is 0 Å². The van der Waals surface area contributed by atoms with Gasteiger partial charge in [-0.1, -0.05) is 12.1 Å². The molecule has 0 saturated heterocycles. The molecule has 0 fully saturated rings. The zero-order chi connectivity index (χ0) is 12.2. The molecule has 1 aromatic carbocycles. The fourth-order valence-electron chi connectivity index (χ4n) is 1.01. The molecular formula is C10H13O5P. The maximum atomic E-state index is 10.9. The molecule has 1 rings (SSSR count). The summed E-state index contributed by atoms with van der Waals surface area (Å²) in [6.07, 6.45) is 0. The van der Waals surface area contributed by atoms with Crippen LogP contribution in [0.1, 0.15) is 12.5 Å². The Kier molecular flexibility index (Phi) is 4.24. The van der Waals surface area contributed by atoms with Gasteiger partial charge in [-0.3, -0.25) is 9.36 Å². The second-order valence-electron chi connectivity index (χ2n) is 3.31. The van der Waals surface area contributed by atoms with Crippen LogP contribution in [0.5, 0.6) is 5.75 Å². The van der Waals surface area contributed by atoms with Crippen LogP contribution in [0, 0.1) is 0 Å². The van der Waals surface area contributed by atoms with Crippen LogP contribution in [0.15, 0.2) is 24.3 Å². The zero-order valence-corrected chi connectivity index (χ0v) is 9.94. The van der Waals surface area contributed by atoms with Crippen LogP contribution in [-0.4, -0.2) is 17.5 Å². The lowest BCUT2D eigenvalue weighted by molar-refractivity contribution is -0.131. The van der Waals surface area contributed by atoms with E-state index in [9.17, 15) is 9.36 Å². The summed E-state index contributed by atoms with van der Waals surface area (Å²) in [4.78, 5) is 19.6. The van der Waals surface area contributed by atoms with Crippen molar-refractivity contribution < 1.29 is 23.5 Å². The Morgan fingerprint density at radius 3 is 2.38 bits per heavy atom. The van der Waals surface area contributed by atoms with Gasteiger partial charge in [-0.2, -0.15) is 0 Å². The van der Waals surface area contributed by atoms with E-state index in [1.165, 1.54) is 6.92 Å². The van der Waals surface area contributed by atoms with Crippen molar-refractivity contribution in [1.29, 1.82) is 0 Å². The van der Waals surface area contributed by atoms with Crippen LogP contribution in [-0.2, 0) is 20.5 Å². The van der Waals surface area contributed by atoms with Crippen molar-refractivity contribution in [1.82, 2.24) is 0 Å². The number of ether oxygens (including phenoxy) is 1. The maximum Gasteiger partial charge on any atom is 0.325 e. The molecule has 1 aromatic rings. The Morgan fingerprint density at radius 2 is 1.94 bits per heavy atom. The van der Waals surface area contributed by atoms with Gasteiger partial charge in [-0.15, -0.1) is 0 Å². The van der Waals surface area contributed by atoms with Crippen molar-refractivity contribution in [2.45, 2.75) is 13.5 Å². The van der Waals surface area contributed by atoms with Gasteiger partial charge in [0.1, 0.15) is 5.75 Å². The third-order valence-electron chi connectivity index (χ3n) is 1.66. The number of carbonyl (C=O) groups is 1. The molecule has 0 radical (unpaired) electrons. The maximum absolute atomic E-state index is 10.9. The Hall–Kier alpha value is -1.16. The minimum Gasteiger partial charge on any atom is -0.427 e. The summed E-state index contributed by atoms with van der Waals surface area (Å²) in [6, 6.07) is 6.51. The van der Waals surface area contributed by atoms with Crippen molar-refractivity contribution in [3.63, 3.8) is 0 Å². The van der Waals surface area contributed by atoms with Crippen molar-refractivity contribution in [3.05, 3.63) is 29.8 Å². The Labute approximate surface area is 93.5 Å². The largest absolute Gasteiger partial charge is 0.427 e. The van der Waals surface area contributed by atoms with E-state index in [0.29, 0.717) is 5.75 Å². The van der Waals surface area contributed by atoms with Gasteiger partial charge in [-0.05, 0) is 17.7 Å². The molecule has 6 heteroatoms. The van der Waals surface area contributed by atoms with Crippen molar-refractivity contribution >= 4 is 13.6 Å². The third kappa shape index (κ3) is 5.07. The first-order chi connectivity index (χ1) is 7.37. The quantitative estimate of drug-likeness (QED) is 0.497. The van der Waals surface area contributed by atoms with Gasteiger partial charge in [-0.25, -0.2) is 0 Å². The fourth-order valence-corrected chi connectivity index (χ4v) is 1.40. The second-order valence-corrected chi connectivity index (χ2v) is 5.18. The van der Waals surface area contributed by atoms with Crippen LogP contribution >= 0.6 is 7.60 Å². The van der Waals surface area contributed by atoms with E-state index in [1.807, 2.05) is 0 Å². The molecule has 16 heavy (non-hydrogen) atoms. The van der Waals surface area contributed by atoms with E-state index in [-0.39, 0.29) is 6.61 Å². The molecule has 0 spiro atoms. The number of esters is 1. The lowest BCUT2D eigenvalue weighted by Crippen LogP contribution is -2.01. The minimum absolute atomic E-state index is 0.0463. The van der Waals surface area contributed by atoms with Gasteiger partial charge < -0.3 is 14.2 Å². The smallest absolute Gasteiger partial charge is 0.325 e. The molecule has 0 saturated carbocycles. The van der Waals surface area contributed by atoms with E-state index in [0.717, 1.165) is 12.2 Å². The van der Waals surface area contributed by atoms with Gasteiger partial charge in [0.05, 0.1) is 6.61 Å². The lowest BCUT2D eigenvalue weighted by Gasteiger charge is -2.07. The van der Waals surface area contributed by atoms with Crippen LogP contribution < -0.4 is 4.74 Å². The molecule has 0 bridgehead atoms. The van der Waals surface area contributed by atoms with E-state index < -0.39 is 13.6 Å². The minimum atomic E-state index is -3.45. The summed E-state index contributed by atoms with van der Waals surface area (Å²) in [5, 5.41) is 0. The number of hydrogen-bond acceptors (Lipinski definition) is 4. The van der Waals surface area contributed by atoms with Gasteiger partial charge >= 0.3 is 13.6 Å². The van der Waals surface area contributed by atoms with Crippen molar-refractivity contribution in [2.24, 2.45) is 0 Å². The molecule has 0 aliphatic rings. The first kappa shape index (κ1) is 12.9. The highest BCUT2D eigenvalue weighted by Gasteiger charge is 2.09. The van der Waals surface area contributed by atoms with Crippen molar-refractivity contribution in [3.8, 4) is 5.75 Å². The molecule has 88 valence electrons. The normalized spacial score (nSPS) is 14.2. The molecule has 5 nitrogen and oxygen atoms in total. The third-order valence-corrected chi connectivity index (χ3v) is 2.26. The Bertz CT molecular complexity index is 406. The summed E-state index contributed by atoms with van der Waals surface area (Å²) in [5.74, 6) is 0.0392.